The minimum atomic E-state index is 0.131. The number of piperidine rings is 1. The Balaban J connectivity index is 1.98. The van der Waals surface area contributed by atoms with Crippen molar-refractivity contribution >= 4 is 11.7 Å². The summed E-state index contributed by atoms with van der Waals surface area (Å²) in [6.45, 7) is 3.19. The Labute approximate surface area is 101 Å². The zero-order valence-corrected chi connectivity index (χ0v) is 10.1. The Morgan fingerprint density at radius 2 is 1.88 bits per heavy atom. The Bertz CT molecular complexity index is 430. The van der Waals surface area contributed by atoms with Crippen LogP contribution >= 0.6 is 0 Å². The van der Waals surface area contributed by atoms with Crippen LogP contribution in [0.3, 0.4) is 0 Å². The summed E-state index contributed by atoms with van der Waals surface area (Å²) in [4.78, 5) is 24.9. The van der Waals surface area contributed by atoms with Crippen LogP contribution in [0.2, 0.25) is 0 Å². The summed E-state index contributed by atoms with van der Waals surface area (Å²) < 4.78 is 0. The minimum Gasteiger partial charge on any atom is -0.342 e. The number of Topliss-reactive ketones (excluding diaryl/α,β-unsaturated/α-hetero) is 1. The molecule has 17 heavy (non-hydrogen) atoms. The Morgan fingerprint density at radius 1 is 1.24 bits per heavy atom. The normalized spacial score (nSPS) is 16.1. The number of hydrogen-bond acceptors (Lipinski definition) is 2. The van der Waals surface area contributed by atoms with Crippen molar-refractivity contribution in [2.45, 2.75) is 26.2 Å². The van der Waals surface area contributed by atoms with E-state index in [-0.39, 0.29) is 11.7 Å². The van der Waals surface area contributed by atoms with Gasteiger partial charge in [-0.2, -0.15) is 0 Å². The van der Waals surface area contributed by atoms with Crippen LogP contribution in [0.25, 0.3) is 0 Å². The molecule has 90 valence electrons. The van der Waals surface area contributed by atoms with Gasteiger partial charge in [0, 0.05) is 25.9 Å². The third-order valence-electron chi connectivity index (χ3n) is 3.28. The van der Waals surface area contributed by atoms with Crippen LogP contribution in [0, 0.1) is 6.92 Å². The first-order valence-corrected chi connectivity index (χ1v) is 6.01. The van der Waals surface area contributed by atoms with E-state index in [1.54, 1.807) is 4.90 Å². The van der Waals surface area contributed by atoms with Gasteiger partial charge in [0.15, 0.2) is 0 Å². The third kappa shape index (κ3) is 2.93. The van der Waals surface area contributed by atoms with E-state index in [1.165, 1.54) is 0 Å². The Hall–Kier alpha value is -1.64. The van der Waals surface area contributed by atoms with Crippen molar-refractivity contribution in [3.63, 3.8) is 0 Å². The summed E-state index contributed by atoms with van der Waals surface area (Å²) in [7, 11) is 0. The number of amides is 1. The molecule has 1 saturated heterocycles. The van der Waals surface area contributed by atoms with Crippen molar-refractivity contribution in [1.82, 2.24) is 4.90 Å². The minimum absolute atomic E-state index is 0.131. The molecule has 0 bridgehead atoms. The predicted molar refractivity (Wildman–Crippen MR) is 65.7 cm³/mol. The molecule has 0 N–H and O–H groups in total. The van der Waals surface area contributed by atoms with Crippen molar-refractivity contribution in [3.8, 4) is 0 Å². The molecule has 0 radical (unpaired) electrons. The van der Waals surface area contributed by atoms with E-state index < -0.39 is 0 Å². The predicted octanol–water partition coefficient (Wildman–Crippen LogP) is 1.73. The van der Waals surface area contributed by atoms with Crippen molar-refractivity contribution < 1.29 is 9.59 Å². The number of hydrogen-bond donors (Lipinski definition) is 0. The molecule has 0 atom stereocenters. The number of carbonyl (C=O) groups is 2. The zero-order valence-electron chi connectivity index (χ0n) is 10.1. The maximum atomic E-state index is 12.0. The van der Waals surface area contributed by atoms with Crippen LogP contribution in [0.5, 0.6) is 0 Å². The second kappa shape index (κ2) is 5.13. The average molecular weight is 231 g/mol. The van der Waals surface area contributed by atoms with Gasteiger partial charge in [0.05, 0.1) is 6.42 Å². The molecule has 0 saturated carbocycles. The van der Waals surface area contributed by atoms with E-state index in [0.29, 0.717) is 32.4 Å². The van der Waals surface area contributed by atoms with Gasteiger partial charge in [-0.15, -0.1) is 0 Å². The molecule has 0 spiro atoms. The number of benzene rings is 1. The Kier molecular flexibility index (Phi) is 3.57. The highest BCUT2D eigenvalue weighted by Crippen LogP contribution is 2.12. The molecule has 1 aromatic carbocycles. The number of ketones is 1. The van der Waals surface area contributed by atoms with Crippen LogP contribution in [-0.2, 0) is 16.0 Å². The SMILES string of the molecule is Cc1ccccc1CC(=O)N1CCC(=O)CC1. The lowest BCUT2D eigenvalue weighted by atomic mass is 10.0. The lowest BCUT2D eigenvalue weighted by molar-refractivity contribution is -0.133. The van der Waals surface area contributed by atoms with E-state index in [2.05, 4.69) is 0 Å². The summed E-state index contributed by atoms with van der Waals surface area (Å²) in [5, 5.41) is 0. The van der Waals surface area contributed by atoms with Crippen molar-refractivity contribution in [3.05, 3.63) is 35.4 Å². The standard InChI is InChI=1S/C14H17NO2/c1-11-4-2-3-5-12(11)10-14(17)15-8-6-13(16)7-9-15/h2-5H,6-10H2,1H3. The van der Waals surface area contributed by atoms with E-state index in [0.717, 1.165) is 11.1 Å². The monoisotopic (exact) mass is 231 g/mol. The van der Waals surface area contributed by atoms with Gasteiger partial charge < -0.3 is 4.90 Å². The van der Waals surface area contributed by atoms with E-state index >= 15 is 0 Å². The molecular formula is C14H17NO2. The number of rotatable bonds is 2. The fraction of sp³-hybridized carbons (Fsp3) is 0.429. The van der Waals surface area contributed by atoms with E-state index in [4.69, 9.17) is 0 Å². The molecule has 3 nitrogen and oxygen atoms in total. The number of aryl methyl sites for hydroxylation is 1. The lowest BCUT2D eigenvalue weighted by Crippen LogP contribution is -2.39. The van der Waals surface area contributed by atoms with Crippen molar-refractivity contribution in [2.75, 3.05) is 13.1 Å². The van der Waals surface area contributed by atoms with Gasteiger partial charge in [0.1, 0.15) is 5.78 Å². The number of nitrogens with zero attached hydrogens (tertiary/aromatic N) is 1. The maximum absolute atomic E-state index is 12.0. The summed E-state index contributed by atoms with van der Waals surface area (Å²) in [6.07, 6.45) is 1.47. The van der Waals surface area contributed by atoms with Crippen LogP contribution in [-0.4, -0.2) is 29.7 Å². The molecule has 1 aliphatic rings. The number of carbonyl (C=O) groups excluding carboxylic acids is 2. The molecule has 2 rings (SSSR count). The van der Waals surface area contributed by atoms with Gasteiger partial charge in [0.25, 0.3) is 0 Å². The van der Waals surface area contributed by atoms with E-state index in [9.17, 15) is 9.59 Å². The molecule has 1 heterocycles. The second-order valence-corrected chi connectivity index (χ2v) is 4.52. The molecular weight excluding hydrogens is 214 g/mol. The van der Waals surface area contributed by atoms with Gasteiger partial charge in [-0.25, -0.2) is 0 Å². The van der Waals surface area contributed by atoms with Gasteiger partial charge in [-0.3, -0.25) is 9.59 Å². The first kappa shape index (κ1) is 11.8. The molecule has 1 aromatic rings. The van der Waals surface area contributed by atoms with Crippen LogP contribution in [0.15, 0.2) is 24.3 Å². The second-order valence-electron chi connectivity index (χ2n) is 4.52. The Morgan fingerprint density at radius 3 is 2.53 bits per heavy atom. The highest BCUT2D eigenvalue weighted by atomic mass is 16.2. The van der Waals surface area contributed by atoms with Gasteiger partial charge >= 0.3 is 0 Å². The summed E-state index contributed by atoms with van der Waals surface area (Å²) in [6, 6.07) is 7.93. The van der Waals surface area contributed by atoms with Crippen LogP contribution in [0.1, 0.15) is 24.0 Å². The highest BCUT2D eigenvalue weighted by molar-refractivity contribution is 5.84. The lowest BCUT2D eigenvalue weighted by Gasteiger charge is -2.26. The molecule has 3 heteroatoms. The summed E-state index contributed by atoms with van der Waals surface area (Å²) in [5.74, 6) is 0.400. The topological polar surface area (TPSA) is 37.4 Å². The maximum Gasteiger partial charge on any atom is 0.227 e. The average Bonchev–Trinajstić information content (AvgIpc) is 2.33. The molecule has 0 unspecified atom stereocenters. The fourth-order valence-electron chi connectivity index (χ4n) is 2.09. The van der Waals surface area contributed by atoms with Crippen LogP contribution in [0.4, 0.5) is 0 Å². The molecule has 1 amide bonds. The zero-order chi connectivity index (χ0) is 12.3. The van der Waals surface area contributed by atoms with Gasteiger partial charge in [-0.1, -0.05) is 24.3 Å². The van der Waals surface area contributed by atoms with Gasteiger partial charge in [0.2, 0.25) is 5.91 Å². The number of likely N-dealkylation sites (tertiary alicyclic amines) is 1. The van der Waals surface area contributed by atoms with Crippen molar-refractivity contribution in [2.24, 2.45) is 0 Å². The summed E-state index contributed by atoms with van der Waals surface area (Å²) >= 11 is 0. The fourth-order valence-corrected chi connectivity index (χ4v) is 2.09. The van der Waals surface area contributed by atoms with Gasteiger partial charge in [-0.05, 0) is 18.1 Å². The highest BCUT2D eigenvalue weighted by Gasteiger charge is 2.20. The largest absolute Gasteiger partial charge is 0.342 e. The molecule has 0 aromatic heterocycles. The molecule has 0 aliphatic carbocycles. The summed E-state index contributed by atoms with van der Waals surface area (Å²) in [5.41, 5.74) is 2.23. The van der Waals surface area contributed by atoms with E-state index in [1.807, 2.05) is 31.2 Å². The van der Waals surface area contributed by atoms with Crippen LogP contribution < -0.4 is 0 Å². The smallest absolute Gasteiger partial charge is 0.227 e. The first-order valence-electron chi connectivity index (χ1n) is 6.01. The first-order chi connectivity index (χ1) is 8.16. The third-order valence-corrected chi connectivity index (χ3v) is 3.28. The van der Waals surface area contributed by atoms with Crippen molar-refractivity contribution in [1.29, 1.82) is 0 Å². The molecule has 1 aliphatic heterocycles. The quantitative estimate of drug-likeness (QED) is 0.777. The molecule has 1 fully saturated rings.